The molecule has 7 heterocycles. The van der Waals surface area contributed by atoms with Crippen LogP contribution in [0, 0.1) is 0 Å². The van der Waals surface area contributed by atoms with E-state index >= 15 is 13.2 Å². The van der Waals surface area contributed by atoms with Gasteiger partial charge >= 0.3 is 6.18 Å². The third-order valence-electron chi connectivity index (χ3n) is 19.7. The van der Waals surface area contributed by atoms with Crippen LogP contribution in [0.25, 0.3) is 176 Å². The van der Waals surface area contributed by atoms with Crippen molar-refractivity contribution in [3.05, 3.63) is 309 Å². The maximum absolute atomic E-state index is 15.7. The van der Waals surface area contributed by atoms with Gasteiger partial charge in [-0.2, -0.15) is 13.2 Å². The Kier molecular flexibility index (Phi) is 10.9. The molecule has 7 aromatic heterocycles. The van der Waals surface area contributed by atoms with Crippen LogP contribution in [0.4, 0.5) is 13.2 Å². The van der Waals surface area contributed by atoms with E-state index in [9.17, 15) is 0 Å². The molecule has 20 aromatic rings. The second kappa shape index (κ2) is 19.6. The van der Waals surface area contributed by atoms with Crippen molar-refractivity contribution in [1.82, 2.24) is 32.4 Å². The zero-order valence-electron chi connectivity index (χ0n) is 50.1. The van der Waals surface area contributed by atoms with Crippen LogP contribution in [0.5, 0.6) is 0 Å². The first kappa shape index (κ1) is 52.4. The summed E-state index contributed by atoms with van der Waals surface area (Å²) >= 11 is 0. The van der Waals surface area contributed by atoms with Crippen molar-refractivity contribution in [3.63, 3.8) is 0 Å². The quantitative estimate of drug-likeness (QED) is 0.157. The summed E-state index contributed by atoms with van der Waals surface area (Å²) in [7, 11) is 0. The number of alkyl halides is 3. The van der Waals surface area contributed by atoms with Gasteiger partial charge in [-0.25, -0.2) is 0 Å². The summed E-state index contributed by atoms with van der Waals surface area (Å²) in [4.78, 5) is 4.81. The third-order valence-corrected chi connectivity index (χ3v) is 19.7. The van der Waals surface area contributed by atoms with E-state index in [4.69, 9.17) is 4.98 Å². The van der Waals surface area contributed by atoms with E-state index in [-0.39, 0.29) is 0 Å². The van der Waals surface area contributed by atoms with Gasteiger partial charge in [0.15, 0.2) is 0 Å². The Morgan fingerprint density at radius 2 is 0.479 bits per heavy atom. The number of hydrogen-bond acceptors (Lipinski definition) is 1. The molecule has 0 aliphatic rings. The van der Waals surface area contributed by atoms with Gasteiger partial charge in [0.2, 0.25) is 0 Å². The van der Waals surface area contributed by atoms with Crippen molar-refractivity contribution >= 4 is 131 Å². The van der Waals surface area contributed by atoms with E-state index in [2.05, 4.69) is 294 Å². The molecular formula is C84H50F3N7. The van der Waals surface area contributed by atoms with Gasteiger partial charge in [-0.15, -0.1) is 0 Å². The first-order valence-electron chi connectivity index (χ1n) is 31.6. The Balaban J connectivity index is 0.856. The van der Waals surface area contributed by atoms with Crippen LogP contribution in [0.3, 0.4) is 0 Å². The Labute approximate surface area is 534 Å². The monoisotopic (exact) mass is 1210 g/mol. The number of benzene rings is 13. The Hall–Kier alpha value is -12.4. The molecule has 10 heteroatoms. The largest absolute Gasteiger partial charge is 0.416 e. The molecule has 0 saturated carbocycles. The van der Waals surface area contributed by atoms with E-state index in [0.717, 1.165) is 154 Å². The SMILES string of the molecule is FC(F)(F)c1ccc(-n2c3ccc(-n4c5ccccc5c5ccccc54)cc3c3cc(-n4c5ccccc5c5ccccc54)ccc32)c(-c2cnccc2-n2c3ccc(-n4c5ccccc5c5ccccc54)cc3c3cc(-n4c5ccccc5c5ccccc54)ccc32)c1. The fraction of sp³-hybridized carbons (Fsp3) is 0.0119. The van der Waals surface area contributed by atoms with Crippen LogP contribution in [0.1, 0.15) is 5.56 Å². The number of rotatable bonds is 7. The topological polar surface area (TPSA) is 42.5 Å². The van der Waals surface area contributed by atoms with Crippen molar-refractivity contribution < 1.29 is 13.2 Å². The highest BCUT2D eigenvalue weighted by Crippen LogP contribution is 2.47. The molecule has 0 fully saturated rings. The molecule has 0 aliphatic heterocycles. The molecule has 0 bridgehead atoms. The van der Waals surface area contributed by atoms with Crippen LogP contribution in [-0.4, -0.2) is 32.4 Å². The van der Waals surface area contributed by atoms with E-state index in [1.807, 2.05) is 6.07 Å². The zero-order valence-corrected chi connectivity index (χ0v) is 50.1. The van der Waals surface area contributed by atoms with Gasteiger partial charge in [0.1, 0.15) is 0 Å². The highest BCUT2D eigenvalue weighted by molar-refractivity contribution is 6.17. The maximum atomic E-state index is 15.7. The van der Waals surface area contributed by atoms with Crippen LogP contribution >= 0.6 is 0 Å². The van der Waals surface area contributed by atoms with E-state index in [0.29, 0.717) is 22.5 Å². The number of fused-ring (bicyclic) bond motifs is 18. The molecular weight excluding hydrogens is 1160 g/mol. The van der Waals surface area contributed by atoms with E-state index in [1.165, 1.54) is 12.1 Å². The number of nitrogens with zero attached hydrogens (tertiary/aromatic N) is 7. The molecule has 0 aliphatic carbocycles. The lowest BCUT2D eigenvalue weighted by molar-refractivity contribution is -0.137. The molecule has 0 radical (unpaired) electrons. The smallest absolute Gasteiger partial charge is 0.309 e. The number of hydrogen-bond donors (Lipinski definition) is 0. The molecule has 0 unspecified atom stereocenters. The Bertz CT molecular complexity index is 6060. The van der Waals surface area contributed by atoms with Gasteiger partial charge in [-0.05, 0) is 146 Å². The van der Waals surface area contributed by atoms with Crippen LogP contribution in [0.2, 0.25) is 0 Å². The Morgan fingerprint density at radius 3 is 0.755 bits per heavy atom. The van der Waals surface area contributed by atoms with Crippen molar-refractivity contribution in [2.24, 2.45) is 0 Å². The van der Waals surface area contributed by atoms with Gasteiger partial charge in [-0.1, -0.05) is 146 Å². The minimum absolute atomic E-state index is 0.369. The average molecular weight is 1210 g/mol. The number of pyridine rings is 1. The summed E-state index contributed by atoms with van der Waals surface area (Å²) < 4.78 is 60.8. The molecule has 94 heavy (non-hydrogen) atoms. The molecule has 0 atom stereocenters. The molecule has 0 spiro atoms. The lowest BCUT2D eigenvalue weighted by Crippen LogP contribution is -2.08. The predicted octanol–water partition coefficient (Wildman–Crippen LogP) is 22.4. The molecule has 0 N–H and O–H groups in total. The molecule has 7 nitrogen and oxygen atoms in total. The van der Waals surface area contributed by atoms with Crippen molar-refractivity contribution in [2.75, 3.05) is 0 Å². The molecule has 13 aromatic carbocycles. The number of aromatic nitrogens is 7. The zero-order chi connectivity index (χ0) is 62.1. The summed E-state index contributed by atoms with van der Waals surface area (Å²) in [5.41, 5.74) is 17.3. The highest BCUT2D eigenvalue weighted by atomic mass is 19.4. The summed E-state index contributed by atoms with van der Waals surface area (Å²) in [5.74, 6) is 0. The summed E-state index contributed by atoms with van der Waals surface area (Å²) in [6, 6.07) is 100. The summed E-state index contributed by atoms with van der Waals surface area (Å²) in [6.07, 6.45) is -1.20. The Morgan fingerprint density at radius 1 is 0.223 bits per heavy atom. The van der Waals surface area contributed by atoms with Gasteiger partial charge in [0.05, 0.1) is 83.1 Å². The average Bonchev–Trinajstić information content (AvgIpc) is 1.56. The van der Waals surface area contributed by atoms with E-state index < -0.39 is 11.7 Å². The molecule has 0 saturated heterocycles. The number of para-hydroxylation sites is 8. The maximum Gasteiger partial charge on any atom is 0.416 e. The molecule has 442 valence electrons. The first-order chi connectivity index (χ1) is 46.3. The fourth-order valence-electron chi connectivity index (χ4n) is 15.8. The lowest BCUT2D eigenvalue weighted by Gasteiger charge is -2.20. The second-order valence-corrected chi connectivity index (χ2v) is 24.6. The normalized spacial score (nSPS) is 12.4. The molecule has 0 amide bonds. The van der Waals surface area contributed by atoms with Crippen LogP contribution in [-0.2, 0) is 6.18 Å². The van der Waals surface area contributed by atoms with Crippen molar-refractivity contribution in [3.8, 4) is 45.3 Å². The highest BCUT2D eigenvalue weighted by Gasteiger charge is 2.33. The standard InChI is InChI=1S/C84H50F3N7/c85-84(86,87)51-33-38-78(93-79-39-34-52(89-70-25-9-1-17-56(70)57-18-2-10-26-71(57)89)46-65(79)66-47-53(35-40-80(66)93)90-72-27-11-3-19-58(72)59-20-4-12-28-73(59)90)64(45-51)69-50-88-44-43-83(69)94-81-41-36-54(91-74-29-13-5-21-60(74)61-22-6-14-30-75(61)91)48-67(81)68-49-55(37-42-82(68)94)92-76-31-15-7-23-62(76)63-24-8-16-32-77(63)92/h1-50H. The molecule has 20 rings (SSSR count). The van der Waals surface area contributed by atoms with Gasteiger partial charge in [-0.3, -0.25) is 4.98 Å². The second-order valence-electron chi connectivity index (χ2n) is 24.6. The van der Waals surface area contributed by atoms with Crippen molar-refractivity contribution in [2.45, 2.75) is 6.18 Å². The van der Waals surface area contributed by atoms with Gasteiger partial charge in [0, 0.05) is 111 Å². The minimum Gasteiger partial charge on any atom is -0.309 e. The lowest BCUT2D eigenvalue weighted by atomic mass is 9.99. The summed E-state index contributed by atoms with van der Waals surface area (Å²) in [6.45, 7) is 0. The van der Waals surface area contributed by atoms with Crippen LogP contribution in [0.15, 0.2) is 304 Å². The van der Waals surface area contributed by atoms with Gasteiger partial charge in [0.25, 0.3) is 0 Å². The van der Waals surface area contributed by atoms with Crippen LogP contribution < -0.4 is 0 Å². The predicted molar refractivity (Wildman–Crippen MR) is 381 cm³/mol. The summed E-state index contributed by atoms with van der Waals surface area (Å²) in [5, 5.41) is 13.0. The minimum atomic E-state index is -4.68. The van der Waals surface area contributed by atoms with Crippen molar-refractivity contribution in [1.29, 1.82) is 0 Å². The number of halogens is 3. The van der Waals surface area contributed by atoms with Gasteiger partial charge < -0.3 is 27.4 Å². The third kappa shape index (κ3) is 7.41. The first-order valence-corrected chi connectivity index (χ1v) is 31.6. The van der Waals surface area contributed by atoms with E-state index in [1.54, 1.807) is 18.5 Å². The fourth-order valence-corrected chi connectivity index (χ4v) is 15.8.